The molecule has 0 amide bonds. The zero-order valence-corrected chi connectivity index (χ0v) is 23.7. The van der Waals surface area contributed by atoms with Crippen LogP contribution >= 0.6 is 0 Å². The molecule has 24 nitrogen and oxygen atoms in total. The first-order valence-corrected chi connectivity index (χ1v) is 13.7. The minimum Gasteiger partial charge on any atom is -0.342 e. The van der Waals surface area contributed by atoms with E-state index in [2.05, 4.69) is 112 Å². The van der Waals surface area contributed by atoms with E-state index in [0.717, 1.165) is 0 Å². The van der Waals surface area contributed by atoms with Gasteiger partial charge in [0.25, 0.3) is 0 Å². The monoisotopic (exact) mass is 638 g/mol. The third-order valence-corrected chi connectivity index (χ3v) is 6.83. The number of aromatic amines is 4. The molecule has 230 valence electrons. The van der Waals surface area contributed by atoms with Gasteiger partial charge in [0.05, 0.1) is 48.4 Å². The van der Waals surface area contributed by atoms with Crippen molar-refractivity contribution in [1.82, 2.24) is 121 Å². The van der Waals surface area contributed by atoms with Crippen molar-refractivity contribution in [3.8, 4) is 80.5 Å². The molecule has 4 N–H and O–H groups in total. The summed E-state index contributed by atoms with van der Waals surface area (Å²) in [6, 6.07) is 3.42. The molecular weight excluding hydrogens is 624 g/mol. The van der Waals surface area contributed by atoms with Gasteiger partial charge in [-0.05, 0) is 12.1 Å². The lowest BCUT2D eigenvalue weighted by Gasteiger charge is -2.07. The van der Waals surface area contributed by atoms with Crippen LogP contribution in [0.2, 0.25) is 0 Å². The minimum atomic E-state index is 0.173. The average Bonchev–Trinajstić information content (AvgIpc) is 3.99. The van der Waals surface area contributed by atoms with Crippen LogP contribution in [0.4, 0.5) is 0 Å². The number of nitrogens with one attached hydrogen (secondary N) is 4. The number of hydrogen-bond acceptors (Lipinski definition) is 18. The van der Waals surface area contributed by atoms with E-state index in [9.17, 15) is 0 Å². The molecule has 0 unspecified atom stereocenters. The molecule has 9 heterocycles. The maximum Gasteiger partial charge on any atom is 0.222 e. The second-order valence-corrected chi connectivity index (χ2v) is 9.62. The minimum absolute atomic E-state index is 0.173. The van der Waals surface area contributed by atoms with Gasteiger partial charge in [0, 0.05) is 6.20 Å². The molecule has 0 saturated carbocycles. The molecular formula is C24H14N24. The summed E-state index contributed by atoms with van der Waals surface area (Å²) in [7, 11) is 0. The van der Waals surface area contributed by atoms with Crippen LogP contribution in [0, 0.1) is 0 Å². The first kappa shape index (κ1) is 26.5. The Morgan fingerprint density at radius 1 is 0.479 bits per heavy atom. The van der Waals surface area contributed by atoms with Gasteiger partial charge in [-0.1, -0.05) is 0 Å². The Kier molecular flexibility index (Phi) is 6.02. The number of rotatable bonds is 8. The predicted molar refractivity (Wildman–Crippen MR) is 155 cm³/mol. The number of H-pyrrole nitrogens is 4. The molecule has 48 heavy (non-hydrogen) atoms. The summed E-state index contributed by atoms with van der Waals surface area (Å²) in [6.07, 6.45) is 12.4. The number of aromatic nitrogens is 24. The van der Waals surface area contributed by atoms with E-state index in [1.54, 1.807) is 47.8 Å². The molecule has 0 fully saturated rings. The topological polar surface area (TPSA) is 305 Å². The molecule has 0 aliphatic rings. The van der Waals surface area contributed by atoms with Crippen molar-refractivity contribution in [2.45, 2.75) is 0 Å². The quantitative estimate of drug-likeness (QED) is 0.166. The van der Waals surface area contributed by atoms with Crippen LogP contribution in [-0.2, 0) is 0 Å². The Labute approximate surface area is 263 Å². The summed E-state index contributed by atoms with van der Waals surface area (Å²) in [4.78, 5) is 11.1. The Bertz CT molecular complexity index is 2260. The van der Waals surface area contributed by atoms with Gasteiger partial charge in [0.15, 0.2) is 5.82 Å². The van der Waals surface area contributed by atoms with Crippen LogP contribution in [0.15, 0.2) is 62.0 Å². The lowest BCUT2D eigenvalue weighted by atomic mass is 10.3. The van der Waals surface area contributed by atoms with E-state index in [-0.39, 0.29) is 23.3 Å². The molecule has 0 saturated heterocycles. The van der Waals surface area contributed by atoms with Crippen LogP contribution < -0.4 is 0 Å². The van der Waals surface area contributed by atoms with Crippen molar-refractivity contribution in [3.05, 3.63) is 62.0 Å². The summed E-state index contributed by atoms with van der Waals surface area (Å²) in [5.41, 5.74) is 3.07. The second-order valence-electron chi connectivity index (χ2n) is 9.62. The summed E-state index contributed by atoms with van der Waals surface area (Å²) >= 11 is 0. The lowest BCUT2D eigenvalue weighted by Crippen LogP contribution is -2.07. The maximum absolute atomic E-state index is 4.40. The highest BCUT2D eigenvalue weighted by molar-refractivity contribution is 5.68. The zero-order valence-electron chi connectivity index (χ0n) is 23.7. The zero-order chi connectivity index (χ0) is 31.9. The Morgan fingerprint density at radius 2 is 1.10 bits per heavy atom. The summed E-state index contributed by atoms with van der Waals surface area (Å²) in [5, 5.41) is 75.9. The standard InChI is InChI=1S/C24H14N24/c1-3-28-32-13(1)19-37-41-21(42-38-19)15-2-4-31-48(15)24-12(6-30-46-24)18-35-33-17(34-36-18)11-5-29-45-23(11)47-10-26-8-16(47)22-43-39-20(40-44-22)14-7-25-9-27-14/h1-10H,(H,25,27)(H,28,32)(H,29,45)(H,30,46). The van der Waals surface area contributed by atoms with Crippen LogP contribution in [0.1, 0.15) is 0 Å². The fourth-order valence-electron chi connectivity index (χ4n) is 4.60. The molecule has 0 spiro atoms. The van der Waals surface area contributed by atoms with Crippen molar-refractivity contribution >= 4 is 0 Å². The van der Waals surface area contributed by atoms with E-state index in [1.807, 2.05) is 0 Å². The smallest absolute Gasteiger partial charge is 0.222 e. The molecule has 0 atom stereocenters. The first-order valence-electron chi connectivity index (χ1n) is 13.7. The van der Waals surface area contributed by atoms with Crippen molar-refractivity contribution in [2.24, 2.45) is 0 Å². The second kappa shape index (κ2) is 10.9. The fraction of sp³-hybridized carbons (Fsp3) is 0. The fourth-order valence-corrected chi connectivity index (χ4v) is 4.60. The van der Waals surface area contributed by atoms with E-state index in [4.69, 9.17) is 0 Å². The van der Waals surface area contributed by atoms with Gasteiger partial charge in [-0.25, -0.2) is 14.6 Å². The summed E-state index contributed by atoms with van der Waals surface area (Å²) in [6.45, 7) is 0. The highest BCUT2D eigenvalue weighted by Gasteiger charge is 2.22. The Balaban J connectivity index is 0.996. The average molecular weight is 639 g/mol. The molecule has 9 aromatic rings. The molecule has 0 bridgehead atoms. The van der Waals surface area contributed by atoms with Gasteiger partial charge in [0.1, 0.15) is 34.9 Å². The number of nitrogens with zero attached hydrogens (tertiary/aromatic N) is 20. The van der Waals surface area contributed by atoms with Crippen LogP contribution in [0.5, 0.6) is 0 Å². The highest BCUT2D eigenvalue weighted by Crippen LogP contribution is 2.28. The van der Waals surface area contributed by atoms with Gasteiger partial charge in [-0.15, -0.1) is 61.2 Å². The molecule has 0 aliphatic heterocycles. The molecule has 0 aliphatic carbocycles. The van der Waals surface area contributed by atoms with Gasteiger partial charge >= 0.3 is 0 Å². The van der Waals surface area contributed by atoms with E-state index in [0.29, 0.717) is 57.2 Å². The molecule has 24 heteroatoms. The van der Waals surface area contributed by atoms with E-state index < -0.39 is 0 Å². The molecule has 0 aromatic carbocycles. The van der Waals surface area contributed by atoms with Gasteiger partial charge in [-0.3, -0.25) is 19.9 Å². The van der Waals surface area contributed by atoms with Crippen LogP contribution in [0.3, 0.4) is 0 Å². The largest absolute Gasteiger partial charge is 0.342 e. The third kappa shape index (κ3) is 4.48. The SMILES string of the molecule is c1cc(-c2nnc(-c3ccnn3-c3[nH]ncc3-c3nnc(-c4cn[nH]c4-n4cncc4-c4nnc(-c5cnc[nH]5)nn4)nn3)nn2)[nH]n1. The van der Waals surface area contributed by atoms with Crippen LogP contribution in [-0.4, -0.2) is 121 Å². The first-order chi connectivity index (χ1) is 23.8. The normalized spacial score (nSPS) is 11.3. The van der Waals surface area contributed by atoms with E-state index >= 15 is 0 Å². The third-order valence-electron chi connectivity index (χ3n) is 6.83. The summed E-state index contributed by atoms with van der Waals surface area (Å²) < 4.78 is 3.19. The van der Waals surface area contributed by atoms with Crippen LogP contribution in [0.25, 0.3) is 80.5 Å². The van der Waals surface area contributed by atoms with Crippen molar-refractivity contribution in [2.75, 3.05) is 0 Å². The van der Waals surface area contributed by atoms with E-state index in [1.165, 1.54) is 23.4 Å². The molecule has 9 rings (SSSR count). The Hall–Kier alpha value is -7.92. The number of hydrogen-bond donors (Lipinski definition) is 4. The van der Waals surface area contributed by atoms with Gasteiger partial charge in [0.2, 0.25) is 34.9 Å². The van der Waals surface area contributed by atoms with Crippen molar-refractivity contribution in [1.29, 1.82) is 0 Å². The number of imidazole rings is 2. The Morgan fingerprint density at radius 3 is 1.77 bits per heavy atom. The predicted octanol–water partition coefficient (Wildman–Crippen LogP) is -0.308. The lowest BCUT2D eigenvalue weighted by molar-refractivity contribution is 0.807. The highest BCUT2D eigenvalue weighted by atomic mass is 15.4. The maximum atomic E-state index is 4.40. The van der Waals surface area contributed by atoms with Gasteiger partial charge in [-0.2, -0.15) is 20.4 Å². The van der Waals surface area contributed by atoms with Crippen molar-refractivity contribution < 1.29 is 0 Å². The van der Waals surface area contributed by atoms with Gasteiger partial charge < -0.3 is 4.98 Å². The molecule has 0 radical (unpaired) electrons. The molecule has 9 aromatic heterocycles. The van der Waals surface area contributed by atoms with Crippen molar-refractivity contribution in [3.63, 3.8) is 0 Å². The summed E-state index contributed by atoms with van der Waals surface area (Å²) in [5.74, 6) is 2.27.